The normalized spacial score (nSPS) is 9.30. The van der Waals surface area contributed by atoms with E-state index in [0.29, 0.717) is 5.82 Å². The van der Waals surface area contributed by atoms with Gasteiger partial charge in [-0.05, 0) is 11.5 Å². The van der Waals surface area contributed by atoms with Gasteiger partial charge < -0.3 is 5.32 Å². The van der Waals surface area contributed by atoms with Gasteiger partial charge in [-0.1, -0.05) is 0 Å². The summed E-state index contributed by atoms with van der Waals surface area (Å²) >= 11 is 1.06. The zero-order chi connectivity index (χ0) is 7.56. The third kappa shape index (κ3) is 1.06. The average molecular weight is 159 g/mol. The number of anilines is 1. The molecule has 1 aromatic heterocycles. The molecule has 1 rings (SSSR count). The smallest absolute Gasteiger partial charge is 0.323 e. The van der Waals surface area contributed by atoms with Crippen LogP contribution in [0.4, 0.5) is 11.5 Å². The minimum absolute atomic E-state index is 0.0347. The number of aromatic nitrogens is 1. The molecular formula is C4H5N3O2S. The van der Waals surface area contributed by atoms with E-state index in [-0.39, 0.29) is 5.69 Å². The third-order valence-electron chi connectivity index (χ3n) is 0.984. The molecule has 0 amide bonds. The first-order valence-corrected chi connectivity index (χ1v) is 3.36. The maximum atomic E-state index is 10.2. The van der Waals surface area contributed by atoms with E-state index in [1.807, 2.05) is 0 Å². The topological polar surface area (TPSA) is 68.1 Å². The summed E-state index contributed by atoms with van der Waals surface area (Å²) in [4.78, 5) is 9.71. The molecule has 0 aliphatic carbocycles. The molecule has 0 saturated heterocycles. The van der Waals surface area contributed by atoms with Crippen LogP contribution in [0.1, 0.15) is 0 Å². The van der Waals surface area contributed by atoms with Crippen LogP contribution in [-0.4, -0.2) is 16.3 Å². The van der Waals surface area contributed by atoms with E-state index >= 15 is 0 Å². The second kappa shape index (κ2) is 2.61. The minimum Gasteiger partial charge on any atom is -0.367 e. The predicted molar refractivity (Wildman–Crippen MR) is 38.3 cm³/mol. The van der Waals surface area contributed by atoms with Crippen molar-refractivity contribution in [2.75, 3.05) is 12.4 Å². The van der Waals surface area contributed by atoms with Crippen LogP contribution in [0.2, 0.25) is 0 Å². The van der Waals surface area contributed by atoms with Crippen molar-refractivity contribution in [1.82, 2.24) is 4.37 Å². The van der Waals surface area contributed by atoms with Crippen LogP contribution in [0.3, 0.4) is 0 Å². The van der Waals surface area contributed by atoms with Crippen LogP contribution >= 0.6 is 11.5 Å². The monoisotopic (exact) mass is 159 g/mol. The number of nitrogens with one attached hydrogen (secondary N) is 1. The predicted octanol–water partition coefficient (Wildman–Crippen LogP) is 1.09. The Morgan fingerprint density at radius 2 is 2.60 bits per heavy atom. The zero-order valence-electron chi connectivity index (χ0n) is 5.20. The van der Waals surface area contributed by atoms with E-state index in [1.54, 1.807) is 7.05 Å². The molecule has 6 heteroatoms. The molecule has 0 aromatic carbocycles. The lowest BCUT2D eigenvalue weighted by atomic mass is 10.5. The van der Waals surface area contributed by atoms with E-state index in [9.17, 15) is 10.1 Å². The number of nitrogens with zero attached hydrogens (tertiary/aromatic N) is 2. The van der Waals surface area contributed by atoms with Crippen molar-refractivity contribution in [3.05, 3.63) is 15.5 Å². The highest BCUT2D eigenvalue weighted by atomic mass is 32.1. The van der Waals surface area contributed by atoms with Crippen molar-refractivity contribution in [2.24, 2.45) is 0 Å². The van der Waals surface area contributed by atoms with Crippen molar-refractivity contribution < 1.29 is 4.92 Å². The highest BCUT2D eigenvalue weighted by Gasteiger charge is 2.14. The van der Waals surface area contributed by atoms with E-state index in [2.05, 4.69) is 9.69 Å². The van der Waals surface area contributed by atoms with Gasteiger partial charge in [-0.3, -0.25) is 10.1 Å². The summed E-state index contributed by atoms with van der Waals surface area (Å²) in [5.41, 5.74) is 0.0347. The fourth-order valence-electron chi connectivity index (χ4n) is 0.535. The van der Waals surface area contributed by atoms with E-state index in [1.165, 1.54) is 5.38 Å². The lowest BCUT2D eigenvalue weighted by Crippen LogP contribution is -1.93. The molecule has 0 radical (unpaired) electrons. The largest absolute Gasteiger partial charge is 0.367 e. The van der Waals surface area contributed by atoms with Gasteiger partial charge in [-0.15, -0.1) is 0 Å². The van der Waals surface area contributed by atoms with Crippen molar-refractivity contribution in [3.8, 4) is 0 Å². The molecule has 0 aliphatic heterocycles. The van der Waals surface area contributed by atoms with Crippen LogP contribution < -0.4 is 5.32 Å². The Labute approximate surface area is 61.0 Å². The molecule has 0 bridgehead atoms. The maximum absolute atomic E-state index is 10.2. The lowest BCUT2D eigenvalue weighted by molar-refractivity contribution is -0.383. The SMILES string of the molecule is CNc1nscc1[N+](=O)[O-]. The number of nitro groups is 1. The van der Waals surface area contributed by atoms with Crippen LogP contribution in [0.15, 0.2) is 5.38 Å². The number of hydrogen-bond acceptors (Lipinski definition) is 5. The van der Waals surface area contributed by atoms with Gasteiger partial charge in [-0.2, -0.15) is 4.37 Å². The summed E-state index contributed by atoms with van der Waals surface area (Å²) < 4.78 is 3.74. The second-order valence-electron chi connectivity index (χ2n) is 1.56. The van der Waals surface area contributed by atoms with Crippen molar-refractivity contribution in [1.29, 1.82) is 0 Å². The average Bonchev–Trinajstić information content (AvgIpc) is 2.33. The van der Waals surface area contributed by atoms with Gasteiger partial charge >= 0.3 is 5.69 Å². The van der Waals surface area contributed by atoms with Crippen LogP contribution in [-0.2, 0) is 0 Å². The van der Waals surface area contributed by atoms with Crippen molar-refractivity contribution in [3.63, 3.8) is 0 Å². The summed E-state index contributed by atoms with van der Waals surface area (Å²) in [5, 5.41) is 14.2. The fourth-order valence-corrected chi connectivity index (χ4v) is 1.18. The second-order valence-corrected chi connectivity index (χ2v) is 2.18. The Balaban J connectivity index is 3.01. The lowest BCUT2D eigenvalue weighted by Gasteiger charge is -1.89. The first kappa shape index (κ1) is 6.94. The summed E-state index contributed by atoms with van der Waals surface area (Å²) in [7, 11) is 1.60. The maximum Gasteiger partial charge on any atom is 0.323 e. The van der Waals surface area contributed by atoms with E-state index < -0.39 is 4.92 Å². The Hall–Kier alpha value is -1.17. The highest BCUT2D eigenvalue weighted by molar-refractivity contribution is 7.04. The molecule has 0 atom stereocenters. The summed E-state index contributed by atoms with van der Waals surface area (Å²) in [6.07, 6.45) is 0. The standard InChI is InChI=1S/C4H5N3O2S/c1-5-4-3(7(8)9)2-10-6-4/h2H,1H3,(H,5,6). The summed E-state index contributed by atoms with van der Waals surface area (Å²) in [6.45, 7) is 0. The molecule has 5 nitrogen and oxygen atoms in total. The van der Waals surface area contributed by atoms with Gasteiger partial charge in [0.05, 0.1) is 10.3 Å². The molecule has 10 heavy (non-hydrogen) atoms. The molecular weight excluding hydrogens is 154 g/mol. The molecule has 1 aromatic rings. The Morgan fingerprint density at radius 1 is 1.90 bits per heavy atom. The van der Waals surface area contributed by atoms with E-state index in [0.717, 1.165) is 11.5 Å². The summed E-state index contributed by atoms with van der Waals surface area (Å²) in [5.74, 6) is 0.329. The third-order valence-corrected chi connectivity index (χ3v) is 1.60. The van der Waals surface area contributed by atoms with Crippen molar-refractivity contribution >= 4 is 23.0 Å². The summed E-state index contributed by atoms with van der Waals surface area (Å²) in [6, 6.07) is 0. The molecule has 0 spiro atoms. The molecule has 0 fully saturated rings. The van der Waals surface area contributed by atoms with Gasteiger partial charge in [0.1, 0.15) is 0 Å². The van der Waals surface area contributed by atoms with Crippen LogP contribution in [0, 0.1) is 10.1 Å². The zero-order valence-corrected chi connectivity index (χ0v) is 6.01. The van der Waals surface area contributed by atoms with E-state index in [4.69, 9.17) is 0 Å². The number of rotatable bonds is 2. The fraction of sp³-hybridized carbons (Fsp3) is 0.250. The van der Waals surface area contributed by atoms with Gasteiger partial charge in [-0.25, -0.2) is 0 Å². The van der Waals surface area contributed by atoms with Gasteiger partial charge in [0.2, 0.25) is 5.82 Å². The number of hydrogen-bond donors (Lipinski definition) is 1. The molecule has 54 valence electrons. The molecule has 0 aliphatic rings. The molecule has 0 unspecified atom stereocenters. The molecule has 1 heterocycles. The Morgan fingerprint density at radius 3 is 3.00 bits per heavy atom. The van der Waals surface area contributed by atoms with Crippen LogP contribution in [0.25, 0.3) is 0 Å². The Kier molecular flexibility index (Phi) is 1.81. The van der Waals surface area contributed by atoms with Gasteiger partial charge in [0.15, 0.2) is 0 Å². The van der Waals surface area contributed by atoms with Crippen LogP contribution in [0.5, 0.6) is 0 Å². The minimum atomic E-state index is -0.463. The van der Waals surface area contributed by atoms with Gasteiger partial charge in [0, 0.05) is 7.05 Å². The first-order chi connectivity index (χ1) is 4.75. The van der Waals surface area contributed by atoms with Gasteiger partial charge in [0.25, 0.3) is 0 Å². The molecule has 0 saturated carbocycles. The highest BCUT2D eigenvalue weighted by Crippen LogP contribution is 2.23. The first-order valence-electron chi connectivity index (χ1n) is 2.52. The molecule has 1 N–H and O–H groups in total. The quantitative estimate of drug-likeness (QED) is 0.518. The van der Waals surface area contributed by atoms with Crippen molar-refractivity contribution in [2.45, 2.75) is 0 Å². The Bertz CT molecular complexity index is 246.